The van der Waals surface area contributed by atoms with Crippen LogP contribution in [0.4, 0.5) is 10.1 Å². The van der Waals surface area contributed by atoms with Crippen molar-refractivity contribution in [1.82, 2.24) is 4.90 Å². The Labute approximate surface area is 115 Å². The SMILES string of the molecule is CN1CCC(C)(C)N(c2ccccc2F)C(CN)C1. The highest BCUT2D eigenvalue weighted by atomic mass is 19.1. The van der Waals surface area contributed by atoms with Crippen LogP contribution in [-0.2, 0) is 0 Å². The van der Waals surface area contributed by atoms with Gasteiger partial charge in [-0.05, 0) is 39.4 Å². The van der Waals surface area contributed by atoms with E-state index >= 15 is 0 Å². The van der Waals surface area contributed by atoms with Gasteiger partial charge in [-0.2, -0.15) is 0 Å². The molecule has 0 spiro atoms. The summed E-state index contributed by atoms with van der Waals surface area (Å²) >= 11 is 0. The number of nitrogens with zero attached hydrogens (tertiary/aromatic N) is 2. The van der Waals surface area contributed by atoms with E-state index in [4.69, 9.17) is 5.73 Å². The zero-order valence-electron chi connectivity index (χ0n) is 12.1. The van der Waals surface area contributed by atoms with Crippen molar-refractivity contribution in [2.24, 2.45) is 5.73 Å². The van der Waals surface area contributed by atoms with Crippen molar-refractivity contribution >= 4 is 5.69 Å². The second-order valence-electron chi connectivity index (χ2n) is 6.04. The lowest BCUT2D eigenvalue weighted by Gasteiger charge is -2.43. The molecule has 3 nitrogen and oxygen atoms in total. The predicted octanol–water partition coefficient (Wildman–Crippen LogP) is 2.07. The van der Waals surface area contributed by atoms with Crippen molar-refractivity contribution in [2.45, 2.75) is 31.8 Å². The van der Waals surface area contributed by atoms with Crippen molar-refractivity contribution in [3.63, 3.8) is 0 Å². The number of halogens is 1. The summed E-state index contributed by atoms with van der Waals surface area (Å²) in [6, 6.07) is 7.13. The smallest absolute Gasteiger partial charge is 0.146 e. The van der Waals surface area contributed by atoms with Crippen molar-refractivity contribution in [2.75, 3.05) is 31.6 Å². The first-order valence-corrected chi connectivity index (χ1v) is 6.88. The molecule has 0 radical (unpaired) electrons. The average molecular weight is 265 g/mol. The summed E-state index contributed by atoms with van der Waals surface area (Å²) in [5.41, 5.74) is 6.51. The molecule has 0 aromatic heterocycles. The fourth-order valence-electron chi connectivity index (χ4n) is 2.96. The molecule has 1 fully saturated rings. The number of para-hydroxylation sites is 1. The van der Waals surface area contributed by atoms with Gasteiger partial charge in [-0.3, -0.25) is 0 Å². The molecule has 1 atom stereocenters. The van der Waals surface area contributed by atoms with Gasteiger partial charge in [-0.25, -0.2) is 4.39 Å². The Morgan fingerprint density at radius 1 is 1.37 bits per heavy atom. The molecule has 1 aliphatic heterocycles. The number of rotatable bonds is 2. The standard InChI is InChI=1S/C15H24FN3/c1-15(2)8-9-18(3)11-12(10-17)19(15)14-7-5-4-6-13(14)16/h4-7,12H,8-11,17H2,1-3H3. The Bertz CT molecular complexity index is 433. The Balaban J connectivity index is 2.44. The predicted molar refractivity (Wildman–Crippen MR) is 77.9 cm³/mol. The van der Waals surface area contributed by atoms with E-state index in [0.717, 1.165) is 19.5 Å². The maximum Gasteiger partial charge on any atom is 0.146 e. The number of benzene rings is 1. The van der Waals surface area contributed by atoms with Crippen molar-refractivity contribution < 1.29 is 4.39 Å². The monoisotopic (exact) mass is 265 g/mol. The van der Waals surface area contributed by atoms with Crippen molar-refractivity contribution in [1.29, 1.82) is 0 Å². The summed E-state index contributed by atoms with van der Waals surface area (Å²) in [6.07, 6.45) is 0.994. The summed E-state index contributed by atoms with van der Waals surface area (Å²) < 4.78 is 14.2. The van der Waals surface area contributed by atoms with Gasteiger partial charge in [0.2, 0.25) is 0 Å². The fourth-order valence-corrected chi connectivity index (χ4v) is 2.96. The largest absolute Gasteiger partial charge is 0.358 e. The Morgan fingerprint density at radius 3 is 2.68 bits per heavy atom. The molecule has 0 saturated carbocycles. The first-order chi connectivity index (χ1) is 8.95. The van der Waals surface area contributed by atoms with Gasteiger partial charge in [0.25, 0.3) is 0 Å². The van der Waals surface area contributed by atoms with Crippen LogP contribution in [0.25, 0.3) is 0 Å². The highest BCUT2D eigenvalue weighted by Crippen LogP contribution is 2.33. The van der Waals surface area contributed by atoms with Crippen LogP contribution in [0.2, 0.25) is 0 Å². The van der Waals surface area contributed by atoms with Gasteiger partial charge in [0, 0.05) is 25.2 Å². The highest BCUT2D eigenvalue weighted by molar-refractivity contribution is 5.51. The molecule has 1 aromatic rings. The van der Waals surface area contributed by atoms with Crippen LogP contribution in [-0.4, -0.2) is 43.2 Å². The minimum atomic E-state index is -0.168. The van der Waals surface area contributed by atoms with E-state index in [-0.39, 0.29) is 17.4 Å². The highest BCUT2D eigenvalue weighted by Gasteiger charge is 2.36. The minimum absolute atomic E-state index is 0.100. The van der Waals surface area contributed by atoms with Crippen LogP contribution in [0.5, 0.6) is 0 Å². The number of nitrogens with two attached hydrogens (primary N) is 1. The zero-order valence-corrected chi connectivity index (χ0v) is 12.1. The minimum Gasteiger partial charge on any atom is -0.358 e. The van der Waals surface area contributed by atoms with Gasteiger partial charge < -0.3 is 15.5 Å². The van der Waals surface area contributed by atoms with E-state index < -0.39 is 0 Å². The molecule has 2 rings (SSSR count). The quantitative estimate of drug-likeness (QED) is 0.888. The maximum atomic E-state index is 14.2. The van der Waals surface area contributed by atoms with Crippen LogP contribution >= 0.6 is 0 Å². The molecule has 4 heteroatoms. The molecule has 0 bridgehead atoms. The second-order valence-corrected chi connectivity index (χ2v) is 6.04. The van der Waals surface area contributed by atoms with Gasteiger partial charge in [-0.15, -0.1) is 0 Å². The summed E-state index contributed by atoms with van der Waals surface area (Å²) in [4.78, 5) is 4.45. The van der Waals surface area contributed by atoms with Crippen molar-refractivity contribution in [3.8, 4) is 0 Å². The third-order valence-corrected chi connectivity index (χ3v) is 4.03. The molecule has 1 aliphatic rings. The summed E-state index contributed by atoms with van der Waals surface area (Å²) in [5, 5.41) is 0. The van der Waals surface area contributed by atoms with Crippen LogP contribution in [0.3, 0.4) is 0 Å². The first kappa shape index (κ1) is 14.3. The van der Waals surface area contributed by atoms with E-state index in [2.05, 4.69) is 30.7 Å². The van der Waals surface area contributed by atoms with Crippen LogP contribution < -0.4 is 10.6 Å². The van der Waals surface area contributed by atoms with Crippen LogP contribution in [0, 0.1) is 5.82 Å². The number of hydrogen-bond acceptors (Lipinski definition) is 3. The molecule has 1 unspecified atom stereocenters. The summed E-state index contributed by atoms with van der Waals surface area (Å²) in [5.74, 6) is -0.168. The normalized spacial score (nSPS) is 24.3. The first-order valence-electron chi connectivity index (χ1n) is 6.88. The summed E-state index contributed by atoms with van der Waals surface area (Å²) in [6.45, 7) is 6.74. The van der Waals surface area contributed by atoms with Crippen molar-refractivity contribution in [3.05, 3.63) is 30.1 Å². The van der Waals surface area contributed by atoms with Gasteiger partial charge in [0.1, 0.15) is 5.82 Å². The topological polar surface area (TPSA) is 32.5 Å². The fraction of sp³-hybridized carbons (Fsp3) is 0.600. The number of anilines is 1. The molecule has 19 heavy (non-hydrogen) atoms. The molecule has 0 aliphatic carbocycles. The molecule has 1 aromatic carbocycles. The van der Waals surface area contributed by atoms with Gasteiger partial charge >= 0.3 is 0 Å². The molecular weight excluding hydrogens is 241 g/mol. The third kappa shape index (κ3) is 2.90. The Kier molecular flexibility index (Phi) is 4.11. The number of hydrogen-bond donors (Lipinski definition) is 1. The summed E-state index contributed by atoms with van der Waals surface area (Å²) in [7, 11) is 2.10. The second kappa shape index (κ2) is 5.47. The average Bonchev–Trinajstić information content (AvgIpc) is 2.48. The van der Waals surface area contributed by atoms with E-state index in [9.17, 15) is 4.39 Å². The van der Waals surface area contributed by atoms with Gasteiger partial charge in [0.05, 0.1) is 11.7 Å². The Hall–Kier alpha value is -1.13. The molecule has 1 heterocycles. The third-order valence-electron chi connectivity index (χ3n) is 4.03. The lowest BCUT2D eigenvalue weighted by Crippen LogP contribution is -2.54. The van der Waals surface area contributed by atoms with E-state index in [1.54, 1.807) is 6.07 Å². The molecule has 2 N–H and O–H groups in total. The molecule has 0 amide bonds. The lowest BCUT2D eigenvalue weighted by molar-refractivity contribution is 0.329. The van der Waals surface area contributed by atoms with E-state index in [1.807, 2.05) is 12.1 Å². The molecule has 106 valence electrons. The number of likely N-dealkylation sites (N-methyl/N-ethyl adjacent to an activating group) is 1. The maximum absolute atomic E-state index is 14.2. The van der Waals surface area contributed by atoms with Gasteiger partial charge in [0.15, 0.2) is 0 Å². The zero-order chi connectivity index (χ0) is 14.0. The van der Waals surface area contributed by atoms with E-state index in [1.165, 1.54) is 6.07 Å². The van der Waals surface area contributed by atoms with Gasteiger partial charge in [-0.1, -0.05) is 12.1 Å². The molecule has 1 saturated heterocycles. The van der Waals surface area contributed by atoms with Crippen LogP contribution in [0.15, 0.2) is 24.3 Å². The van der Waals surface area contributed by atoms with Crippen LogP contribution in [0.1, 0.15) is 20.3 Å². The van der Waals surface area contributed by atoms with E-state index in [0.29, 0.717) is 12.2 Å². The lowest BCUT2D eigenvalue weighted by atomic mass is 9.95. The molecular formula is C15H24FN3. The Morgan fingerprint density at radius 2 is 2.05 bits per heavy atom.